The summed E-state index contributed by atoms with van der Waals surface area (Å²) in [5, 5.41) is 7.39. The minimum absolute atomic E-state index is 0.0343. The van der Waals surface area contributed by atoms with Gasteiger partial charge in [0.1, 0.15) is 11.9 Å². The Labute approximate surface area is 212 Å². The van der Waals surface area contributed by atoms with Crippen molar-refractivity contribution < 1.29 is 23.8 Å². The fraction of sp³-hybridized carbons (Fsp3) is 0.346. The number of hydrogen-bond donors (Lipinski definition) is 2. The molecule has 0 spiro atoms. The number of benzene rings is 2. The lowest BCUT2D eigenvalue weighted by Crippen LogP contribution is -2.37. The highest BCUT2D eigenvalue weighted by Gasteiger charge is 2.33. The van der Waals surface area contributed by atoms with Crippen molar-refractivity contribution in [1.82, 2.24) is 10.3 Å². The number of carbonyl (C=O) groups excluding carboxylic acids is 2. The highest BCUT2D eigenvalue weighted by Crippen LogP contribution is 2.36. The van der Waals surface area contributed by atoms with Gasteiger partial charge in [-0.05, 0) is 42.8 Å². The zero-order valence-corrected chi connectivity index (χ0v) is 20.6. The van der Waals surface area contributed by atoms with Crippen LogP contribution in [0.3, 0.4) is 0 Å². The Morgan fingerprint density at radius 1 is 1.19 bits per heavy atom. The van der Waals surface area contributed by atoms with E-state index in [1.54, 1.807) is 12.0 Å². The molecular weight excluding hydrogens is 480 g/mol. The first-order valence-corrected chi connectivity index (χ1v) is 12.9. The Balaban J connectivity index is 1.06. The number of fused-ring (bicyclic) bond motifs is 4. The predicted octanol–water partition coefficient (Wildman–Crippen LogP) is 3.45. The maximum atomic E-state index is 12.5. The van der Waals surface area contributed by atoms with E-state index in [1.165, 1.54) is 11.8 Å². The molecule has 2 N–H and O–H groups in total. The zero-order chi connectivity index (χ0) is 24.6. The second kappa shape index (κ2) is 9.51. The van der Waals surface area contributed by atoms with Crippen LogP contribution in [0.25, 0.3) is 10.9 Å². The molecule has 3 aliphatic heterocycles. The second-order valence-corrected chi connectivity index (χ2v) is 10.2. The SMILES string of the molecule is COc1ccc2ccc3c(c2n1)CC(CNCC1CN(c2ccc4c(c2)NC(=O)CS4)C(=O)O1)CO3. The van der Waals surface area contributed by atoms with Crippen molar-refractivity contribution in [3.63, 3.8) is 0 Å². The van der Waals surface area contributed by atoms with Gasteiger partial charge in [0.15, 0.2) is 0 Å². The average Bonchev–Trinajstić information content (AvgIpc) is 3.27. The summed E-state index contributed by atoms with van der Waals surface area (Å²) < 4.78 is 17.0. The molecule has 2 unspecified atom stereocenters. The topological polar surface area (TPSA) is 102 Å². The van der Waals surface area contributed by atoms with Gasteiger partial charge in [0.25, 0.3) is 0 Å². The summed E-state index contributed by atoms with van der Waals surface area (Å²) in [4.78, 5) is 31.5. The minimum atomic E-state index is -0.377. The molecule has 1 fully saturated rings. The number of pyridine rings is 1. The van der Waals surface area contributed by atoms with Crippen LogP contribution in [0.2, 0.25) is 0 Å². The highest BCUT2D eigenvalue weighted by molar-refractivity contribution is 8.00. The third-order valence-corrected chi connectivity index (χ3v) is 7.74. The Hall–Kier alpha value is -3.50. The number of carbonyl (C=O) groups is 2. The van der Waals surface area contributed by atoms with E-state index in [1.807, 2.05) is 42.5 Å². The lowest BCUT2D eigenvalue weighted by molar-refractivity contribution is -0.113. The van der Waals surface area contributed by atoms with Crippen LogP contribution in [0.15, 0.2) is 47.4 Å². The Kier molecular flexibility index (Phi) is 6.06. The maximum Gasteiger partial charge on any atom is 0.414 e. The highest BCUT2D eigenvalue weighted by atomic mass is 32.2. The van der Waals surface area contributed by atoms with Gasteiger partial charge in [0.2, 0.25) is 11.8 Å². The van der Waals surface area contributed by atoms with E-state index >= 15 is 0 Å². The molecule has 186 valence electrons. The number of aromatic nitrogens is 1. The molecule has 2 aromatic carbocycles. The van der Waals surface area contributed by atoms with E-state index in [-0.39, 0.29) is 24.0 Å². The summed E-state index contributed by atoms with van der Waals surface area (Å²) in [5.74, 6) is 2.10. The van der Waals surface area contributed by atoms with Gasteiger partial charge >= 0.3 is 6.09 Å². The van der Waals surface area contributed by atoms with Crippen LogP contribution in [0.5, 0.6) is 11.6 Å². The fourth-order valence-electron chi connectivity index (χ4n) is 4.87. The van der Waals surface area contributed by atoms with Crippen LogP contribution < -0.4 is 25.0 Å². The molecule has 10 heteroatoms. The van der Waals surface area contributed by atoms with Crippen LogP contribution in [-0.4, -0.2) is 62.2 Å². The molecule has 1 aromatic heterocycles. The number of ether oxygens (including phenoxy) is 3. The number of anilines is 2. The molecule has 1 saturated heterocycles. The van der Waals surface area contributed by atoms with Crippen molar-refractivity contribution in [2.24, 2.45) is 5.92 Å². The number of nitrogens with zero attached hydrogens (tertiary/aromatic N) is 2. The molecule has 0 saturated carbocycles. The van der Waals surface area contributed by atoms with Gasteiger partial charge in [0.05, 0.1) is 37.2 Å². The number of hydrogen-bond acceptors (Lipinski definition) is 8. The molecular formula is C26H26N4O5S. The molecule has 2 atom stereocenters. The first-order chi connectivity index (χ1) is 17.6. The van der Waals surface area contributed by atoms with Crippen LogP contribution in [0, 0.1) is 5.92 Å². The van der Waals surface area contributed by atoms with E-state index in [0.29, 0.717) is 31.3 Å². The largest absolute Gasteiger partial charge is 0.493 e. The Morgan fingerprint density at radius 3 is 2.97 bits per heavy atom. The van der Waals surface area contributed by atoms with Crippen molar-refractivity contribution in [3.05, 3.63) is 48.0 Å². The Bertz CT molecular complexity index is 1340. The third kappa shape index (κ3) is 4.42. The third-order valence-electron chi connectivity index (χ3n) is 6.66. The van der Waals surface area contributed by atoms with Gasteiger partial charge in [-0.2, -0.15) is 0 Å². The number of methoxy groups -OCH3 is 1. The normalized spacial score (nSPS) is 20.9. The standard InChI is InChI=1S/C26H26N4O5S/c1-33-24-7-3-16-2-5-21-19(25(16)29-24)8-15(13-34-21)10-27-11-18-12-30(26(32)35-18)17-4-6-22-20(9-17)28-23(31)14-36-22/h2-7,9,15,18,27H,8,10-14H2,1H3,(H,28,31). The van der Waals surface area contributed by atoms with Crippen LogP contribution in [-0.2, 0) is 16.0 Å². The summed E-state index contributed by atoms with van der Waals surface area (Å²) >= 11 is 1.49. The van der Waals surface area contributed by atoms with Gasteiger partial charge in [-0.15, -0.1) is 11.8 Å². The van der Waals surface area contributed by atoms with Crippen molar-refractivity contribution in [2.75, 3.05) is 49.3 Å². The average molecular weight is 507 g/mol. The van der Waals surface area contributed by atoms with E-state index in [4.69, 9.17) is 14.2 Å². The van der Waals surface area contributed by atoms with Crippen molar-refractivity contribution in [2.45, 2.75) is 17.4 Å². The first-order valence-electron chi connectivity index (χ1n) is 11.9. The van der Waals surface area contributed by atoms with Gasteiger partial charge in [0, 0.05) is 46.6 Å². The van der Waals surface area contributed by atoms with E-state index in [2.05, 4.69) is 15.6 Å². The van der Waals surface area contributed by atoms with Gasteiger partial charge in [-0.1, -0.05) is 0 Å². The van der Waals surface area contributed by atoms with Crippen LogP contribution in [0.4, 0.5) is 16.2 Å². The van der Waals surface area contributed by atoms with Crippen molar-refractivity contribution in [3.8, 4) is 11.6 Å². The van der Waals surface area contributed by atoms with Crippen LogP contribution >= 0.6 is 11.8 Å². The molecule has 2 amide bonds. The Morgan fingerprint density at radius 2 is 2.08 bits per heavy atom. The lowest BCUT2D eigenvalue weighted by Gasteiger charge is -2.26. The smallest absolute Gasteiger partial charge is 0.414 e. The van der Waals surface area contributed by atoms with Gasteiger partial charge < -0.3 is 24.8 Å². The predicted molar refractivity (Wildman–Crippen MR) is 137 cm³/mol. The lowest BCUT2D eigenvalue weighted by atomic mass is 9.94. The maximum absolute atomic E-state index is 12.5. The first kappa shape index (κ1) is 22.9. The molecule has 0 radical (unpaired) electrons. The zero-order valence-electron chi connectivity index (χ0n) is 19.8. The molecule has 3 aliphatic rings. The number of amides is 2. The molecule has 0 aliphatic carbocycles. The van der Waals surface area contributed by atoms with Crippen molar-refractivity contribution in [1.29, 1.82) is 0 Å². The number of rotatable bonds is 6. The molecule has 4 heterocycles. The van der Waals surface area contributed by atoms with E-state index in [0.717, 1.165) is 51.5 Å². The van der Waals surface area contributed by atoms with Crippen molar-refractivity contribution >= 4 is 46.0 Å². The number of cyclic esters (lactones) is 1. The minimum Gasteiger partial charge on any atom is -0.493 e. The number of nitrogens with one attached hydrogen (secondary N) is 2. The summed E-state index contributed by atoms with van der Waals surface area (Å²) in [6, 6.07) is 13.6. The summed E-state index contributed by atoms with van der Waals surface area (Å²) in [7, 11) is 1.62. The fourth-order valence-corrected chi connectivity index (χ4v) is 5.66. The molecule has 6 rings (SSSR count). The molecule has 3 aromatic rings. The quantitative estimate of drug-likeness (QED) is 0.524. The molecule has 36 heavy (non-hydrogen) atoms. The van der Waals surface area contributed by atoms with Gasteiger partial charge in [-0.25, -0.2) is 9.78 Å². The number of thioether (sulfide) groups is 1. The van der Waals surface area contributed by atoms with Gasteiger partial charge in [-0.3, -0.25) is 9.69 Å². The summed E-state index contributed by atoms with van der Waals surface area (Å²) in [6.07, 6.45) is 0.203. The monoisotopic (exact) mass is 506 g/mol. The summed E-state index contributed by atoms with van der Waals surface area (Å²) in [6.45, 7) is 2.34. The summed E-state index contributed by atoms with van der Waals surface area (Å²) in [5.41, 5.74) is 3.47. The molecule has 9 nitrogen and oxygen atoms in total. The van der Waals surface area contributed by atoms with E-state index in [9.17, 15) is 9.59 Å². The van der Waals surface area contributed by atoms with E-state index < -0.39 is 0 Å². The molecule has 0 bridgehead atoms. The van der Waals surface area contributed by atoms with Crippen LogP contribution in [0.1, 0.15) is 5.56 Å². The second-order valence-electron chi connectivity index (χ2n) is 9.14.